The van der Waals surface area contributed by atoms with Crippen molar-refractivity contribution in [1.29, 1.82) is 0 Å². The topological polar surface area (TPSA) is 108 Å². The third-order valence-electron chi connectivity index (χ3n) is 5.49. The van der Waals surface area contributed by atoms with Crippen LogP contribution in [0.4, 0.5) is 0 Å². The molecule has 1 amide bonds. The minimum Gasteiger partial charge on any atom is -0.347 e. The number of nitrogens with one attached hydrogen (secondary N) is 1. The molecule has 1 aliphatic heterocycles. The van der Waals surface area contributed by atoms with Gasteiger partial charge in [0.15, 0.2) is 5.96 Å². The number of nitrogens with zero attached hydrogens (tertiary/aromatic N) is 3. The lowest BCUT2D eigenvalue weighted by atomic mass is 9.78. The van der Waals surface area contributed by atoms with Crippen molar-refractivity contribution in [1.82, 2.24) is 15.1 Å². The highest BCUT2D eigenvalue weighted by Gasteiger charge is 2.31. The zero-order valence-corrected chi connectivity index (χ0v) is 19.3. The zero-order chi connectivity index (χ0) is 22.4. The van der Waals surface area contributed by atoms with Crippen LogP contribution in [0.2, 0.25) is 0 Å². The average Bonchev–Trinajstić information content (AvgIpc) is 2.67. The second kappa shape index (κ2) is 10.3. The van der Waals surface area contributed by atoms with Crippen molar-refractivity contribution in [3.8, 4) is 0 Å². The van der Waals surface area contributed by atoms with E-state index in [4.69, 9.17) is 10.1 Å². The highest BCUT2D eigenvalue weighted by atomic mass is 32.2. The number of carbonyl (C=O) groups is 1. The molecule has 1 aromatic carbocycles. The van der Waals surface area contributed by atoms with Crippen LogP contribution in [0.3, 0.4) is 0 Å². The first-order valence-electron chi connectivity index (χ1n) is 10.4. The first-order valence-corrected chi connectivity index (χ1v) is 11.9. The second-order valence-corrected chi connectivity index (χ2v) is 10.1. The summed E-state index contributed by atoms with van der Waals surface area (Å²) in [5.41, 5.74) is 1.10. The van der Waals surface area contributed by atoms with Gasteiger partial charge in [0.2, 0.25) is 15.9 Å². The number of sulfonamides is 1. The summed E-state index contributed by atoms with van der Waals surface area (Å²) in [5.74, 6) is 0.691. The third-order valence-corrected chi connectivity index (χ3v) is 6.42. The molecule has 1 unspecified atom stereocenters. The first-order chi connectivity index (χ1) is 14.0. The van der Waals surface area contributed by atoms with Gasteiger partial charge in [-0.1, -0.05) is 32.4 Å². The Balaban J connectivity index is 2.18. The van der Waals surface area contributed by atoms with E-state index in [1.165, 1.54) is 18.6 Å². The molecule has 0 spiro atoms. The maximum absolute atomic E-state index is 12.1. The number of benzene rings is 1. The van der Waals surface area contributed by atoms with Gasteiger partial charge in [0.25, 0.3) is 0 Å². The van der Waals surface area contributed by atoms with E-state index in [0.717, 1.165) is 37.9 Å². The largest absolute Gasteiger partial charge is 0.347 e. The van der Waals surface area contributed by atoms with Crippen LogP contribution in [-0.4, -0.2) is 63.8 Å². The Hall–Kier alpha value is -2.13. The smallest absolute Gasteiger partial charge is 0.241 e. The number of piperidine rings is 1. The van der Waals surface area contributed by atoms with Gasteiger partial charge in [0.1, 0.15) is 0 Å². The van der Waals surface area contributed by atoms with E-state index in [2.05, 4.69) is 24.1 Å². The number of primary sulfonamides is 1. The van der Waals surface area contributed by atoms with E-state index in [0.29, 0.717) is 12.5 Å². The summed E-state index contributed by atoms with van der Waals surface area (Å²) in [6.07, 6.45) is 4.57. The molecule has 168 valence electrons. The van der Waals surface area contributed by atoms with E-state index in [9.17, 15) is 13.2 Å². The monoisotopic (exact) mass is 437 g/mol. The molecular formula is C21H35N5O3S. The summed E-state index contributed by atoms with van der Waals surface area (Å²) in [6, 6.07) is 6.40. The molecule has 3 N–H and O–H groups in total. The molecule has 1 aromatic rings. The quantitative estimate of drug-likeness (QED) is 0.499. The minimum absolute atomic E-state index is 0.0199. The van der Waals surface area contributed by atoms with Gasteiger partial charge in [-0.25, -0.2) is 18.5 Å². The zero-order valence-electron chi connectivity index (χ0n) is 18.5. The van der Waals surface area contributed by atoms with E-state index in [1.807, 2.05) is 0 Å². The van der Waals surface area contributed by atoms with Gasteiger partial charge in [-0.15, -0.1) is 0 Å². The minimum atomic E-state index is -3.71. The summed E-state index contributed by atoms with van der Waals surface area (Å²) >= 11 is 0. The van der Waals surface area contributed by atoms with E-state index in [-0.39, 0.29) is 22.8 Å². The van der Waals surface area contributed by atoms with Crippen LogP contribution in [-0.2, 0) is 21.4 Å². The van der Waals surface area contributed by atoms with Crippen molar-refractivity contribution in [3.63, 3.8) is 0 Å². The Morgan fingerprint density at radius 1 is 1.30 bits per heavy atom. The summed E-state index contributed by atoms with van der Waals surface area (Å²) in [7, 11) is -0.253. The molecule has 1 atom stereocenters. The Morgan fingerprint density at radius 3 is 2.53 bits per heavy atom. The van der Waals surface area contributed by atoms with Gasteiger partial charge in [0, 0.05) is 27.2 Å². The number of rotatable bonds is 7. The van der Waals surface area contributed by atoms with Gasteiger partial charge >= 0.3 is 0 Å². The van der Waals surface area contributed by atoms with E-state index >= 15 is 0 Å². The number of amides is 1. The Bertz CT molecular complexity index is 848. The highest BCUT2D eigenvalue weighted by molar-refractivity contribution is 7.89. The number of nitrogens with two attached hydrogens (primary N) is 1. The number of aliphatic imine (C=N–C) groups is 1. The molecule has 9 heteroatoms. The molecule has 1 fully saturated rings. The predicted octanol–water partition coefficient (Wildman–Crippen LogP) is 1.77. The normalized spacial score (nSPS) is 20.2. The van der Waals surface area contributed by atoms with Crippen LogP contribution in [0.25, 0.3) is 0 Å². The van der Waals surface area contributed by atoms with Crippen molar-refractivity contribution < 1.29 is 13.2 Å². The lowest BCUT2D eigenvalue weighted by Crippen LogP contribution is -2.51. The Kier molecular flexibility index (Phi) is 8.25. The number of hydrogen-bond acceptors (Lipinski definition) is 4. The maximum Gasteiger partial charge on any atom is 0.241 e. The van der Waals surface area contributed by atoms with Gasteiger partial charge < -0.3 is 15.1 Å². The van der Waals surface area contributed by atoms with Crippen LogP contribution in [0.1, 0.15) is 45.1 Å². The molecule has 30 heavy (non-hydrogen) atoms. The Morgan fingerprint density at radius 2 is 1.97 bits per heavy atom. The van der Waals surface area contributed by atoms with E-state index in [1.54, 1.807) is 31.1 Å². The van der Waals surface area contributed by atoms with Gasteiger partial charge in [-0.3, -0.25) is 4.79 Å². The molecule has 1 aliphatic rings. The molecule has 1 saturated heterocycles. The van der Waals surface area contributed by atoms with Crippen molar-refractivity contribution in [2.24, 2.45) is 15.5 Å². The first kappa shape index (κ1) is 24.1. The summed E-state index contributed by atoms with van der Waals surface area (Å²) in [5, 5.41) is 8.39. The molecule has 0 bridgehead atoms. The SMILES string of the molecule is CCCC1(C)CCCN(C(=NCc2ccc(S(N)(=O)=O)cc2)NCC(=O)N(C)C)C1. The third kappa shape index (κ3) is 6.98. The number of likely N-dealkylation sites (N-methyl/N-ethyl adjacent to an activating group) is 1. The summed E-state index contributed by atoms with van der Waals surface area (Å²) < 4.78 is 22.9. The maximum atomic E-state index is 12.1. The molecule has 0 aliphatic carbocycles. The molecule has 8 nitrogen and oxygen atoms in total. The summed E-state index contributed by atoms with van der Waals surface area (Å²) in [4.78, 5) is 20.7. The lowest BCUT2D eigenvalue weighted by molar-refractivity contribution is -0.127. The highest BCUT2D eigenvalue weighted by Crippen LogP contribution is 2.34. The average molecular weight is 438 g/mol. The number of carbonyl (C=O) groups excluding carboxylic acids is 1. The van der Waals surface area contributed by atoms with Crippen LogP contribution in [0.5, 0.6) is 0 Å². The van der Waals surface area contributed by atoms with Gasteiger partial charge in [0.05, 0.1) is 18.0 Å². The summed E-state index contributed by atoms with van der Waals surface area (Å²) in [6.45, 7) is 6.87. The molecule has 2 rings (SSSR count). The van der Waals surface area contributed by atoms with Gasteiger partial charge in [-0.2, -0.15) is 0 Å². The van der Waals surface area contributed by atoms with Crippen molar-refractivity contribution in [2.75, 3.05) is 33.7 Å². The molecule has 1 heterocycles. The second-order valence-electron chi connectivity index (χ2n) is 8.56. The Labute approximate surface area is 180 Å². The number of hydrogen-bond donors (Lipinski definition) is 2. The van der Waals surface area contributed by atoms with E-state index < -0.39 is 10.0 Å². The molecule has 0 saturated carbocycles. The molecule has 0 aromatic heterocycles. The van der Waals surface area contributed by atoms with Gasteiger partial charge in [-0.05, 0) is 42.4 Å². The fourth-order valence-electron chi connectivity index (χ4n) is 3.84. The predicted molar refractivity (Wildman–Crippen MR) is 119 cm³/mol. The van der Waals surface area contributed by atoms with Crippen molar-refractivity contribution in [2.45, 2.75) is 51.0 Å². The lowest BCUT2D eigenvalue weighted by Gasteiger charge is -2.42. The molecule has 0 radical (unpaired) electrons. The number of guanidine groups is 1. The van der Waals surface area contributed by atoms with Crippen LogP contribution >= 0.6 is 0 Å². The van der Waals surface area contributed by atoms with Crippen molar-refractivity contribution in [3.05, 3.63) is 29.8 Å². The van der Waals surface area contributed by atoms with Crippen LogP contribution in [0.15, 0.2) is 34.2 Å². The molecular weight excluding hydrogens is 402 g/mol. The fourth-order valence-corrected chi connectivity index (χ4v) is 4.35. The number of likely N-dealkylation sites (tertiary alicyclic amines) is 1. The standard InChI is InChI=1S/C21H35N5O3S/c1-5-11-21(2)12-6-13-26(16-21)20(24-15-19(27)25(3)4)23-14-17-7-9-18(10-8-17)30(22,28)29/h7-10H,5-6,11-16H2,1-4H3,(H,23,24)(H2,22,28,29). The van der Waals surface area contributed by atoms with Crippen LogP contribution in [0, 0.1) is 5.41 Å². The fraction of sp³-hybridized carbons (Fsp3) is 0.619. The van der Waals surface area contributed by atoms with Crippen molar-refractivity contribution >= 4 is 21.9 Å². The van der Waals surface area contributed by atoms with Crippen LogP contribution < -0.4 is 10.5 Å².